The number of benzene rings is 3. The van der Waals surface area contributed by atoms with Gasteiger partial charge in [0.05, 0.1) is 35.6 Å². The highest BCUT2D eigenvalue weighted by atomic mass is 32.2. The van der Waals surface area contributed by atoms with Gasteiger partial charge >= 0.3 is 5.97 Å². The second-order valence-corrected chi connectivity index (χ2v) is 9.68. The van der Waals surface area contributed by atoms with E-state index in [4.69, 9.17) is 9.73 Å². The number of hydrogen-bond acceptors (Lipinski definition) is 7. The predicted octanol–water partition coefficient (Wildman–Crippen LogP) is 5.65. The van der Waals surface area contributed by atoms with Crippen LogP contribution in [-0.4, -0.2) is 36.1 Å². The molecule has 6 nitrogen and oxygen atoms in total. The zero-order valence-electron chi connectivity index (χ0n) is 18.6. The third-order valence-electron chi connectivity index (χ3n) is 5.49. The predicted molar refractivity (Wildman–Crippen MR) is 137 cm³/mol. The summed E-state index contributed by atoms with van der Waals surface area (Å²) in [4.78, 5) is 35.7. The molecule has 3 aromatic rings. The molecular formula is C26H21N3O3S2. The molecule has 34 heavy (non-hydrogen) atoms. The molecule has 0 radical (unpaired) electrons. The zero-order chi connectivity index (χ0) is 23.7. The maximum absolute atomic E-state index is 13.6. The van der Waals surface area contributed by atoms with E-state index in [1.165, 1.54) is 18.9 Å². The van der Waals surface area contributed by atoms with E-state index >= 15 is 0 Å². The number of ether oxygens (including phenoxy) is 1. The van der Waals surface area contributed by atoms with Crippen LogP contribution in [0.25, 0.3) is 0 Å². The second-order valence-electron chi connectivity index (χ2n) is 7.67. The van der Waals surface area contributed by atoms with E-state index in [1.54, 1.807) is 40.9 Å². The van der Waals surface area contributed by atoms with Crippen LogP contribution < -0.4 is 4.90 Å². The highest BCUT2D eigenvalue weighted by molar-refractivity contribution is 8.19. The van der Waals surface area contributed by atoms with Crippen molar-refractivity contribution in [3.05, 3.63) is 99.9 Å². The maximum Gasteiger partial charge on any atom is 0.337 e. The number of carbonyl (C=O) groups excluding carboxylic acids is 2. The lowest BCUT2D eigenvalue weighted by atomic mass is 10.2. The Balaban J connectivity index is 1.52. The van der Waals surface area contributed by atoms with E-state index in [2.05, 4.69) is 17.0 Å². The van der Waals surface area contributed by atoms with Crippen molar-refractivity contribution in [1.82, 2.24) is 4.90 Å². The summed E-state index contributed by atoms with van der Waals surface area (Å²) in [6.45, 7) is 0.420. The maximum atomic E-state index is 13.6. The largest absolute Gasteiger partial charge is 0.465 e. The van der Waals surface area contributed by atoms with E-state index in [-0.39, 0.29) is 5.91 Å². The van der Waals surface area contributed by atoms with Gasteiger partial charge in [0.15, 0.2) is 5.17 Å². The van der Waals surface area contributed by atoms with Crippen LogP contribution in [0.15, 0.2) is 98.7 Å². The number of carbonyl (C=O) groups is 2. The van der Waals surface area contributed by atoms with Crippen molar-refractivity contribution < 1.29 is 14.3 Å². The number of aliphatic imine (C=N–C) groups is 1. The van der Waals surface area contributed by atoms with Crippen molar-refractivity contribution in [3.63, 3.8) is 0 Å². The lowest BCUT2D eigenvalue weighted by Crippen LogP contribution is -2.29. The van der Waals surface area contributed by atoms with Crippen LogP contribution in [0.3, 0.4) is 0 Å². The third kappa shape index (κ3) is 4.22. The summed E-state index contributed by atoms with van der Waals surface area (Å²) in [5.41, 5.74) is 3.21. The molecule has 0 N–H and O–H groups in total. The molecule has 170 valence electrons. The minimum Gasteiger partial charge on any atom is -0.465 e. The van der Waals surface area contributed by atoms with Crippen LogP contribution in [0.5, 0.6) is 0 Å². The van der Waals surface area contributed by atoms with Crippen LogP contribution >= 0.6 is 23.5 Å². The molecule has 0 aliphatic carbocycles. The fourth-order valence-corrected chi connectivity index (χ4v) is 6.07. The van der Waals surface area contributed by atoms with Gasteiger partial charge < -0.3 is 9.64 Å². The molecule has 0 atom stereocenters. The molecule has 1 fully saturated rings. The molecule has 0 aromatic heterocycles. The molecule has 5 rings (SSSR count). The van der Waals surface area contributed by atoms with Gasteiger partial charge in [-0.2, -0.15) is 0 Å². The lowest BCUT2D eigenvalue weighted by molar-refractivity contribution is -0.122. The summed E-state index contributed by atoms with van der Waals surface area (Å²) in [7, 11) is 3.33. The average Bonchev–Trinajstić information content (AvgIpc) is 3.36. The van der Waals surface area contributed by atoms with Crippen LogP contribution in [0.1, 0.15) is 15.9 Å². The number of amides is 1. The minimum absolute atomic E-state index is 0.0686. The monoisotopic (exact) mass is 487 g/mol. The highest BCUT2D eigenvalue weighted by Gasteiger charge is 2.39. The number of methoxy groups -OCH3 is 1. The Morgan fingerprint density at radius 2 is 1.65 bits per heavy atom. The standard InChI is InChI=1S/C26H21N3O3S2/c1-28-20-10-6-7-11-21(20)33-24(28)22-23(30)29(16-17-8-4-3-5-9-17)26(34-22)27-19-14-12-18(13-15-19)25(31)32-2/h3-15H,16H2,1-2H3/b24-22+,27-26?. The van der Waals surface area contributed by atoms with Gasteiger partial charge in [-0.05, 0) is 53.7 Å². The van der Waals surface area contributed by atoms with Gasteiger partial charge in [-0.3, -0.25) is 9.69 Å². The number of thioether (sulfide) groups is 2. The van der Waals surface area contributed by atoms with Crippen LogP contribution in [-0.2, 0) is 16.1 Å². The van der Waals surface area contributed by atoms with Crippen molar-refractivity contribution >= 4 is 51.9 Å². The van der Waals surface area contributed by atoms with E-state index in [0.29, 0.717) is 27.9 Å². The summed E-state index contributed by atoms with van der Waals surface area (Å²) in [5.74, 6) is -0.468. The average molecular weight is 488 g/mol. The Bertz CT molecular complexity index is 1320. The van der Waals surface area contributed by atoms with Crippen molar-refractivity contribution in [1.29, 1.82) is 0 Å². The van der Waals surface area contributed by atoms with Crippen molar-refractivity contribution in [2.45, 2.75) is 11.4 Å². The summed E-state index contributed by atoms with van der Waals surface area (Å²) in [6.07, 6.45) is 0. The fraction of sp³-hybridized carbons (Fsp3) is 0.115. The lowest BCUT2D eigenvalue weighted by Gasteiger charge is -2.17. The van der Waals surface area contributed by atoms with Gasteiger partial charge in [-0.1, -0.05) is 54.2 Å². The molecule has 1 amide bonds. The molecule has 8 heteroatoms. The quantitative estimate of drug-likeness (QED) is 0.350. The zero-order valence-corrected chi connectivity index (χ0v) is 20.2. The molecular weight excluding hydrogens is 466 g/mol. The highest BCUT2D eigenvalue weighted by Crippen LogP contribution is 2.50. The second kappa shape index (κ2) is 9.40. The smallest absolute Gasteiger partial charge is 0.337 e. The summed E-state index contributed by atoms with van der Waals surface area (Å²) >= 11 is 2.98. The van der Waals surface area contributed by atoms with Crippen LogP contribution in [0.4, 0.5) is 11.4 Å². The Labute approximate surface area is 206 Å². The number of fused-ring (bicyclic) bond motifs is 1. The number of nitrogens with zero attached hydrogens (tertiary/aromatic N) is 3. The van der Waals surface area contributed by atoms with Gasteiger partial charge in [-0.15, -0.1) is 0 Å². The Hall–Kier alpha value is -3.49. The number of rotatable bonds is 4. The first-order valence-electron chi connectivity index (χ1n) is 10.6. The Morgan fingerprint density at radius 3 is 2.35 bits per heavy atom. The first-order valence-corrected chi connectivity index (χ1v) is 12.2. The molecule has 0 spiro atoms. The fourth-order valence-electron chi connectivity index (χ4n) is 3.72. The SMILES string of the molecule is COC(=O)c1ccc(N=C2S/C(=C3/Sc4ccccc4N3C)C(=O)N2Cc2ccccc2)cc1. The van der Waals surface area contributed by atoms with Crippen LogP contribution in [0, 0.1) is 0 Å². The first kappa shape index (κ1) is 22.3. The summed E-state index contributed by atoms with van der Waals surface area (Å²) < 4.78 is 4.77. The molecule has 2 aliphatic heterocycles. The van der Waals surface area contributed by atoms with E-state index in [9.17, 15) is 9.59 Å². The number of para-hydroxylation sites is 1. The molecule has 0 bridgehead atoms. The molecule has 0 saturated carbocycles. The molecule has 0 unspecified atom stereocenters. The van der Waals surface area contributed by atoms with Crippen LogP contribution in [0.2, 0.25) is 0 Å². The van der Waals surface area contributed by atoms with Gasteiger partial charge in [0.25, 0.3) is 5.91 Å². The van der Waals surface area contributed by atoms with Gasteiger partial charge in [-0.25, -0.2) is 9.79 Å². The molecule has 2 aliphatic rings. The number of amidine groups is 1. The van der Waals surface area contributed by atoms with E-state index in [1.807, 2.05) is 49.5 Å². The Kier molecular flexibility index (Phi) is 6.17. The minimum atomic E-state index is -0.400. The summed E-state index contributed by atoms with van der Waals surface area (Å²) in [5, 5.41) is 1.51. The molecule has 2 heterocycles. The number of hydrogen-bond donors (Lipinski definition) is 0. The molecule has 3 aromatic carbocycles. The van der Waals surface area contributed by atoms with Gasteiger partial charge in [0.2, 0.25) is 0 Å². The molecule has 1 saturated heterocycles. The number of anilines is 1. The summed E-state index contributed by atoms with van der Waals surface area (Å²) in [6, 6.07) is 24.8. The topological polar surface area (TPSA) is 62.2 Å². The van der Waals surface area contributed by atoms with Crippen molar-refractivity contribution in [2.24, 2.45) is 4.99 Å². The van der Waals surface area contributed by atoms with Crippen molar-refractivity contribution in [2.75, 3.05) is 19.1 Å². The normalized spacial score (nSPS) is 18.5. The van der Waals surface area contributed by atoms with E-state index in [0.717, 1.165) is 21.2 Å². The number of esters is 1. The van der Waals surface area contributed by atoms with Gasteiger partial charge in [0, 0.05) is 11.9 Å². The van der Waals surface area contributed by atoms with Crippen molar-refractivity contribution in [3.8, 4) is 0 Å². The Morgan fingerprint density at radius 1 is 0.941 bits per heavy atom. The van der Waals surface area contributed by atoms with Gasteiger partial charge in [0.1, 0.15) is 4.91 Å². The first-order chi connectivity index (χ1) is 16.5. The van der Waals surface area contributed by atoms with E-state index < -0.39 is 5.97 Å². The third-order valence-corrected chi connectivity index (χ3v) is 7.92.